The lowest BCUT2D eigenvalue weighted by Gasteiger charge is -2.27. The summed E-state index contributed by atoms with van der Waals surface area (Å²) in [7, 11) is 1.72. The van der Waals surface area contributed by atoms with Gasteiger partial charge in [0.15, 0.2) is 5.96 Å². The summed E-state index contributed by atoms with van der Waals surface area (Å²) in [5, 5.41) is 12.2. The zero-order valence-corrected chi connectivity index (χ0v) is 20.5. The minimum Gasteiger partial charge on any atom is -0.338 e. The number of carbonyl (C=O) groups is 2. The second kappa shape index (κ2) is 10.3. The predicted octanol–water partition coefficient (Wildman–Crippen LogP) is 4.57. The van der Waals surface area contributed by atoms with E-state index in [0.717, 1.165) is 23.2 Å². The van der Waals surface area contributed by atoms with E-state index in [1.807, 2.05) is 43.3 Å². The van der Waals surface area contributed by atoms with E-state index in [4.69, 9.17) is 17.0 Å². The number of guanidine groups is 1. The summed E-state index contributed by atoms with van der Waals surface area (Å²) >= 11 is 5.89. The Morgan fingerprint density at radius 1 is 1.14 bits per heavy atom. The maximum Gasteiger partial charge on any atom is 0.260 e. The molecule has 1 unspecified atom stereocenters. The monoisotopic (exact) mass is 489 g/mol. The number of carbonyl (C=O) groups excluding carboxylic acids is 2. The molecule has 7 nitrogen and oxygen atoms in total. The first-order valence-electron chi connectivity index (χ1n) is 11.5. The fourth-order valence-electron chi connectivity index (χ4n) is 4.43. The molecular formula is C27H28ClN5O2. The second-order valence-electron chi connectivity index (χ2n) is 8.72. The Morgan fingerprint density at radius 3 is 2.60 bits per heavy atom. The number of hydrogen-bond acceptors (Lipinski definition) is 4. The first kappa shape index (κ1) is 24.4. The summed E-state index contributed by atoms with van der Waals surface area (Å²) in [5.41, 5.74) is 1.91. The molecule has 1 aliphatic rings. The minimum absolute atomic E-state index is 0.0648. The second-order valence-corrected chi connectivity index (χ2v) is 9.15. The molecule has 180 valence electrons. The zero-order valence-electron chi connectivity index (χ0n) is 19.8. The number of rotatable bonds is 8. The summed E-state index contributed by atoms with van der Waals surface area (Å²) in [5.74, 6) is -0.248. The maximum absolute atomic E-state index is 13.6. The van der Waals surface area contributed by atoms with Crippen LogP contribution < -0.4 is 5.32 Å². The Bertz CT molecular complexity index is 1230. The summed E-state index contributed by atoms with van der Waals surface area (Å²) in [6.07, 6.45) is 2.92. The number of benzene rings is 2. The van der Waals surface area contributed by atoms with E-state index in [1.54, 1.807) is 48.5 Å². The molecule has 0 saturated carbocycles. The van der Waals surface area contributed by atoms with Crippen molar-refractivity contribution in [3.05, 3.63) is 100 Å². The van der Waals surface area contributed by atoms with Crippen LogP contribution >= 0.6 is 11.6 Å². The molecule has 0 spiro atoms. The normalized spacial score (nSPS) is 17.4. The lowest BCUT2D eigenvalue weighted by Crippen LogP contribution is -2.43. The van der Waals surface area contributed by atoms with Gasteiger partial charge in [-0.2, -0.15) is 0 Å². The van der Waals surface area contributed by atoms with Crippen molar-refractivity contribution in [3.63, 3.8) is 0 Å². The van der Waals surface area contributed by atoms with E-state index < -0.39 is 5.54 Å². The molecule has 0 aliphatic carbocycles. The summed E-state index contributed by atoms with van der Waals surface area (Å²) in [6, 6.07) is 20.3. The largest absolute Gasteiger partial charge is 0.338 e. The number of amides is 2. The van der Waals surface area contributed by atoms with Crippen LogP contribution in [0.4, 0.5) is 0 Å². The summed E-state index contributed by atoms with van der Waals surface area (Å²) < 4.78 is 0. The number of pyridine rings is 1. The molecule has 2 N–H and O–H groups in total. The molecule has 8 heteroatoms. The van der Waals surface area contributed by atoms with E-state index in [0.29, 0.717) is 23.6 Å². The van der Waals surface area contributed by atoms with E-state index in [-0.39, 0.29) is 24.3 Å². The molecule has 2 heterocycles. The van der Waals surface area contributed by atoms with E-state index in [9.17, 15) is 9.59 Å². The standard InChI is InChI=1S/C27H28ClN5O2/c1-3-14-27(21-10-5-4-6-11-21)25(35)33(26(29)31-27)17-19-8-7-9-20(15-19)24(34)32(2)18-23-13-12-22(28)16-30-23/h4-13,15-16H,3,14,17-18H2,1-2H3,(H2,29,31). The van der Waals surface area contributed by atoms with Gasteiger partial charge in [-0.15, -0.1) is 0 Å². The van der Waals surface area contributed by atoms with Crippen molar-refractivity contribution in [2.75, 3.05) is 7.05 Å². The zero-order chi connectivity index (χ0) is 25.0. The molecule has 1 atom stereocenters. The Hall–Kier alpha value is -3.71. The fraction of sp³-hybridized carbons (Fsp3) is 0.259. The van der Waals surface area contributed by atoms with Crippen molar-refractivity contribution in [2.24, 2.45) is 0 Å². The number of nitrogens with one attached hydrogen (secondary N) is 2. The van der Waals surface area contributed by atoms with E-state index in [1.165, 1.54) is 4.90 Å². The van der Waals surface area contributed by atoms with Crippen molar-refractivity contribution in [1.29, 1.82) is 5.41 Å². The van der Waals surface area contributed by atoms with Gasteiger partial charge in [-0.25, -0.2) is 0 Å². The van der Waals surface area contributed by atoms with Gasteiger partial charge in [-0.05, 0) is 41.8 Å². The van der Waals surface area contributed by atoms with Gasteiger partial charge in [-0.3, -0.25) is 24.9 Å². The van der Waals surface area contributed by atoms with Crippen LogP contribution in [-0.4, -0.2) is 39.6 Å². The van der Waals surface area contributed by atoms with Crippen molar-refractivity contribution in [2.45, 2.75) is 38.4 Å². The lowest BCUT2D eigenvalue weighted by atomic mass is 9.85. The van der Waals surface area contributed by atoms with Crippen molar-refractivity contribution < 1.29 is 9.59 Å². The van der Waals surface area contributed by atoms with Gasteiger partial charge >= 0.3 is 0 Å². The third-order valence-electron chi connectivity index (χ3n) is 6.15. The van der Waals surface area contributed by atoms with Gasteiger partial charge < -0.3 is 10.2 Å². The van der Waals surface area contributed by atoms with Crippen LogP contribution in [0.1, 0.15) is 46.9 Å². The first-order chi connectivity index (χ1) is 16.8. The van der Waals surface area contributed by atoms with Gasteiger partial charge in [0.1, 0.15) is 5.54 Å². The number of hydrogen-bond donors (Lipinski definition) is 2. The smallest absolute Gasteiger partial charge is 0.260 e. The van der Waals surface area contributed by atoms with Crippen LogP contribution in [0.25, 0.3) is 0 Å². The first-order valence-corrected chi connectivity index (χ1v) is 11.9. The molecule has 1 fully saturated rings. The van der Waals surface area contributed by atoms with Gasteiger partial charge in [0.05, 0.1) is 23.8 Å². The highest BCUT2D eigenvalue weighted by atomic mass is 35.5. The fourth-order valence-corrected chi connectivity index (χ4v) is 4.55. The minimum atomic E-state index is -0.952. The number of nitrogens with zero attached hydrogens (tertiary/aromatic N) is 3. The molecular weight excluding hydrogens is 462 g/mol. The molecule has 1 aromatic heterocycles. The molecule has 1 saturated heterocycles. The van der Waals surface area contributed by atoms with Crippen LogP contribution in [0.15, 0.2) is 72.9 Å². The van der Waals surface area contributed by atoms with Crippen LogP contribution in [0.5, 0.6) is 0 Å². The van der Waals surface area contributed by atoms with E-state index >= 15 is 0 Å². The Morgan fingerprint density at radius 2 is 1.91 bits per heavy atom. The highest BCUT2D eigenvalue weighted by Crippen LogP contribution is 2.34. The SMILES string of the molecule is CCCC1(c2ccccc2)NC(=N)N(Cc2cccc(C(=O)N(C)Cc3ccc(Cl)cn3)c2)C1=O. The molecule has 4 rings (SSSR count). The molecule has 35 heavy (non-hydrogen) atoms. The molecule has 2 amide bonds. The molecule has 1 aliphatic heterocycles. The topological polar surface area (TPSA) is 89.4 Å². The van der Waals surface area contributed by atoms with Crippen LogP contribution in [0.3, 0.4) is 0 Å². The van der Waals surface area contributed by atoms with Crippen molar-refractivity contribution >= 4 is 29.4 Å². The third-order valence-corrected chi connectivity index (χ3v) is 6.38. The summed E-state index contributed by atoms with van der Waals surface area (Å²) in [4.78, 5) is 33.9. The lowest BCUT2D eigenvalue weighted by molar-refractivity contribution is -0.132. The highest BCUT2D eigenvalue weighted by Gasteiger charge is 2.49. The third kappa shape index (κ3) is 5.05. The number of aromatic nitrogens is 1. The van der Waals surface area contributed by atoms with Crippen molar-refractivity contribution in [3.8, 4) is 0 Å². The number of halogens is 1. The molecule has 2 aromatic carbocycles. The van der Waals surface area contributed by atoms with Gasteiger partial charge in [0.2, 0.25) is 0 Å². The Balaban J connectivity index is 1.52. The Labute approximate surface area is 210 Å². The van der Waals surface area contributed by atoms with E-state index in [2.05, 4.69) is 10.3 Å². The highest BCUT2D eigenvalue weighted by molar-refractivity contribution is 6.30. The van der Waals surface area contributed by atoms with Gasteiger partial charge in [-0.1, -0.05) is 67.4 Å². The Kier molecular flexibility index (Phi) is 7.17. The van der Waals surface area contributed by atoms with Crippen LogP contribution in [0, 0.1) is 5.41 Å². The quantitative estimate of drug-likeness (QED) is 0.485. The average molecular weight is 490 g/mol. The van der Waals surface area contributed by atoms with Gasteiger partial charge in [0, 0.05) is 18.8 Å². The van der Waals surface area contributed by atoms with Crippen LogP contribution in [-0.2, 0) is 23.4 Å². The van der Waals surface area contributed by atoms with Gasteiger partial charge in [0.25, 0.3) is 11.8 Å². The molecule has 0 bridgehead atoms. The average Bonchev–Trinajstić information content (AvgIpc) is 3.11. The summed E-state index contributed by atoms with van der Waals surface area (Å²) in [6.45, 7) is 2.57. The van der Waals surface area contributed by atoms with Crippen LogP contribution in [0.2, 0.25) is 5.02 Å². The predicted molar refractivity (Wildman–Crippen MR) is 136 cm³/mol. The molecule has 0 radical (unpaired) electrons. The molecule has 3 aromatic rings. The van der Waals surface area contributed by atoms with Crippen molar-refractivity contribution in [1.82, 2.24) is 20.1 Å². The maximum atomic E-state index is 13.6.